The van der Waals surface area contributed by atoms with E-state index in [4.69, 9.17) is 0 Å². The lowest BCUT2D eigenvalue weighted by Crippen LogP contribution is -2.44. The Bertz CT molecular complexity index is 934. The molecule has 0 heterocycles. The van der Waals surface area contributed by atoms with E-state index in [0.717, 1.165) is 16.8 Å². The van der Waals surface area contributed by atoms with E-state index in [1.165, 1.54) is 12.1 Å². The first-order chi connectivity index (χ1) is 14.5. The summed E-state index contributed by atoms with van der Waals surface area (Å²) in [5, 5.41) is 3.38. The summed E-state index contributed by atoms with van der Waals surface area (Å²) in [6, 6.07) is 24.7. The number of nitrogens with one attached hydrogen (secondary N) is 1. The van der Waals surface area contributed by atoms with Gasteiger partial charge in [0, 0.05) is 12.7 Å². The van der Waals surface area contributed by atoms with Gasteiger partial charge >= 0.3 is 6.61 Å². The summed E-state index contributed by atoms with van der Waals surface area (Å²) in [5.74, 6) is 0.00767. The molecule has 3 aromatic rings. The molecule has 0 radical (unpaired) electrons. The quantitative estimate of drug-likeness (QED) is 0.567. The van der Waals surface area contributed by atoms with Crippen LogP contribution in [0.3, 0.4) is 0 Å². The maximum atomic E-state index is 13.0. The Morgan fingerprint density at radius 1 is 0.867 bits per heavy atom. The molecule has 0 unspecified atom stereocenters. The number of amides is 1. The minimum absolute atomic E-state index is 0.0835. The predicted molar refractivity (Wildman–Crippen MR) is 114 cm³/mol. The number of hydrogen-bond acceptors (Lipinski definition) is 3. The van der Waals surface area contributed by atoms with E-state index in [2.05, 4.69) is 10.1 Å². The number of rotatable bonds is 8. The van der Waals surface area contributed by atoms with Crippen LogP contribution in [0.5, 0.6) is 5.75 Å². The fourth-order valence-electron chi connectivity index (χ4n) is 3.26. The zero-order valence-corrected chi connectivity index (χ0v) is 16.8. The molecule has 0 aliphatic carbocycles. The molecule has 0 saturated heterocycles. The zero-order chi connectivity index (χ0) is 21.5. The Labute approximate surface area is 175 Å². The maximum Gasteiger partial charge on any atom is 0.387 e. The van der Waals surface area contributed by atoms with Crippen LogP contribution in [-0.2, 0) is 4.79 Å². The van der Waals surface area contributed by atoms with Gasteiger partial charge in [-0.3, -0.25) is 10.1 Å². The van der Waals surface area contributed by atoms with Crippen LogP contribution >= 0.6 is 0 Å². The molecule has 156 valence electrons. The van der Waals surface area contributed by atoms with Gasteiger partial charge in [-0.15, -0.1) is 0 Å². The van der Waals surface area contributed by atoms with Gasteiger partial charge in [-0.2, -0.15) is 8.78 Å². The minimum atomic E-state index is -2.87. The summed E-state index contributed by atoms with van der Waals surface area (Å²) in [6.07, 6.45) is 0. The van der Waals surface area contributed by atoms with Crippen molar-refractivity contribution in [2.75, 3.05) is 11.9 Å². The summed E-state index contributed by atoms with van der Waals surface area (Å²) < 4.78 is 29.3. The number of likely N-dealkylation sites (N-methyl/N-ethyl adjacent to an activating group) is 1. The average Bonchev–Trinajstić information content (AvgIpc) is 2.77. The molecule has 0 bridgehead atoms. The third-order valence-corrected chi connectivity index (χ3v) is 4.83. The zero-order valence-electron chi connectivity index (χ0n) is 16.8. The second kappa shape index (κ2) is 9.98. The van der Waals surface area contributed by atoms with Gasteiger partial charge < -0.3 is 9.64 Å². The SMILES string of the molecule is C[C@H](N[C@H](c1ccccc1)c1ccc(OC(F)F)cc1)C(=O)N(C)c1ccccc1. The molecule has 1 amide bonds. The standard InChI is InChI=1S/C24H24F2N2O2/c1-17(23(29)28(2)20-11-7-4-8-12-20)27-22(18-9-5-3-6-10-18)19-13-15-21(16-14-19)30-24(25)26/h3-17,22,24,27H,1-2H3/t17-,22+/m0/s1. The number of para-hydroxylation sites is 1. The molecule has 0 aliphatic rings. The number of anilines is 1. The molecule has 0 spiro atoms. The van der Waals surface area contributed by atoms with Crippen molar-refractivity contribution in [1.82, 2.24) is 5.32 Å². The maximum absolute atomic E-state index is 13.0. The molecule has 3 rings (SSSR count). The molecule has 6 heteroatoms. The van der Waals surface area contributed by atoms with Crippen molar-refractivity contribution >= 4 is 11.6 Å². The van der Waals surface area contributed by atoms with Crippen LogP contribution < -0.4 is 15.0 Å². The van der Waals surface area contributed by atoms with Crippen molar-refractivity contribution in [2.45, 2.75) is 25.6 Å². The molecule has 0 saturated carbocycles. The monoisotopic (exact) mass is 410 g/mol. The van der Waals surface area contributed by atoms with Crippen molar-refractivity contribution in [3.63, 3.8) is 0 Å². The van der Waals surface area contributed by atoms with E-state index >= 15 is 0 Å². The largest absolute Gasteiger partial charge is 0.435 e. The molecule has 0 aliphatic heterocycles. The number of hydrogen-bond donors (Lipinski definition) is 1. The van der Waals surface area contributed by atoms with Gasteiger partial charge in [0.05, 0.1) is 12.1 Å². The normalized spacial score (nSPS) is 13.0. The predicted octanol–water partition coefficient (Wildman–Crippen LogP) is 5.02. The molecule has 3 aromatic carbocycles. The van der Waals surface area contributed by atoms with Crippen LogP contribution in [0, 0.1) is 0 Å². The summed E-state index contributed by atoms with van der Waals surface area (Å²) in [5.41, 5.74) is 2.60. The molecular formula is C24H24F2N2O2. The lowest BCUT2D eigenvalue weighted by molar-refractivity contribution is -0.120. The van der Waals surface area contributed by atoms with Crippen molar-refractivity contribution in [1.29, 1.82) is 0 Å². The second-order valence-corrected chi connectivity index (χ2v) is 6.91. The van der Waals surface area contributed by atoms with Gasteiger partial charge in [0.2, 0.25) is 5.91 Å². The van der Waals surface area contributed by atoms with Crippen LogP contribution in [0.4, 0.5) is 14.5 Å². The Morgan fingerprint density at radius 2 is 1.40 bits per heavy atom. The van der Waals surface area contributed by atoms with Gasteiger partial charge in [0.15, 0.2) is 0 Å². The van der Waals surface area contributed by atoms with Crippen molar-refractivity contribution in [3.8, 4) is 5.75 Å². The molecule has 30 heavy (non-hydrogen) atoms. The minimum Gasteiger partial charge on any atom is -0.435 e. The lowest BCUT2D eigenvalue weighted by Gasteiger charge is -2.27. The van der Waals surface area contributed by atoms with E-state index in [-0.39, 0.29) is 17.7 Å². The van der Waals surface area contributed by atoms with Crippen molar-refractivity contribution < 1.29 is 18.3 Å². The Kier molecular flexibility index (Phi) is 7.14. The topological polar surface area (TPSA) is 41.6 Å². The summed E-state index contributed by atoms with van der Waals surface area (Å²) in [7, 11) is 1.74. The fourth-order valence-corrected chi connectivity index (χ4v) is 3.26. The first-order valence-corrected chi connectivity index (χ1v) is 9.64. The average molecular weight is 410 g/mol. The molecular weight excluding hydrogens is 386 g/mol. The third kappa shape index (κ3) is 5.42. The smallest absolute Gasteiger partial charge is 0.387 e. The molecule has 4 nitrogen and oxygen atoms in total. The van der Waals surface area contributed by atoms with E-state index in [1.807, 2.05) is 67.6 Å². The summed E-state index contributed by atoms with van der Waals surface area (Å²) in [4.78, 5) is 14.6. The van der Waals surface area contributed by atoms with E-state index in [0.29, 0.717) is 0 Å². The summed E-state index contributed by atoms with van der Waals surface area (Å²) >= 11 is 0. The molecule has 2 atom stereocenters. The van der Waals surface area contributed by atoms with E-state index in [9.17, 15) is 13.6 Å². The van der Waals surface area contributed by atoms with E-state index in [1.54, 1.807) is 24.1 Å². The van der Waals surface area contributed by atoms with Crippen LogP contribution in [0.1, 0.15) is 24.1 Å². The highest BCUT2D eigenvalue weighted by molar-refractivity contribution is 5.96. The first-order valence-electron chi connectivity index (χ1n) is 9.64. The van der Waals surface area contributed by atoms with Gasteiger partial charge in [-0.05, 0) is 42.3 Å². The summed E-state index contributed by atoms with van der Waals surface area (Å²) in [6.45, 7) is -1.06. The van der Waals surface area contributed by atoms with Gasteiger partial charge in [-0.25, -0.2) is 0 Å². The molecule has 1 N–H and O–H groups in total. The molecule has 0 fully saturated rings. The molecule has 0 aromatic heterocycles. The van der Waals surface area contributed by atoms with Gasteiger partial charge in [0.1, 0.15) is 5.75 Å². The number of halogens is 2. The van der Waals surface area contributed by atoms with Crippen LogP contribution in [0.15, 0.2) is 84.9 Å². The lowest BCUT2D eigenvalue weighted by atomic mass is 9.97. The van der Waals surface area contributed by atoms with E-state index < -0.39 is 12.7 Å². The van der Waals surface area contributed by atoms with Gasteiger partial charge in [-0.1, -0.05) is 60.7 Å². The Balaban J connectivity index is 1.82. The first kappa shape index (κ1) is 21.5. The number of nitrogens with zero attached hydrogens (tertiary/aromatic N) is 1. The number of benzene rings is 3. The van der Waals surface area contributed by atoms with Crippen LogP contribution in [-0.4, -0.2) is 25.6 Å². The Hall–Kier alpha value is -3.25. The highest BCUT2D eigenvalue weighted by Crippen LogP contribution is 2.26. The van der Waals surface area contributed by atoms with Crippen molar-refractivity contribution in [2.24, 2.45) is 0 Å². The fraction of sp³-hybridized carbons (Fsp3) is 0.208. The second-order valence-electron chi connectivity index (χ2n) is 6.91. The highest BCUT2D eigenvalue weighted by Gasteiger charge is 2.24. The number of ether oxygens (including phenoxy) is 1. The van der Waals surface area contributed by atoms with Gasteiger partial charge in [0.25, 0.3) is 0 Å². The number of alkyl halides is 2. The number of carbonyl (C=O) groups is 1. The highest BCUT2D eigenvalue weighted by atomic mass is 19.3. The Morgan fingerprint density at radius 3 is 1.97 bits per heavy atom. The van der Waals surface area contributed by atoms with Crippen LogP contribution in [0.2, 0.25) is 0 Å². The number of carbonyl (C=O) groups excluding carboxylic acids is 1. The third-order valence-electron chi connectivity index (χ3n) is 4.83. The van der Waals surface area contributed by atoms with Crippen molar-refractivity contribution in [3.05, 3.63) is 96.1 Å². The van der Waals surface area contributed by atoms with Crippen LogP contribution in [0.25, 0.3) is 0 Å².